The second kappa shape index (κ2) is 6.35. The number of thiocarbonyl (C=S) groups is 1. The fourth-order valence-corrected chi connectivity index (χ4v) is 1.96. The van der Waals surface area contributed by atoms with Crippen molar-refractivity contribution in [1.82, 2.24) is 0 Å². The largest absolute Gasteiger partial charge is 0.393 e. The summed E-state index contributed by atoms with van der Waals surface area (Å²) in [7, 11) is 0. The summed E-state index contributed by atoms with van der Waals surface area (Å²) in [5.41, 5.74) is 7.50. The molecule has 0 bridgehead atoms. The molecule has 0 aromatic heterocycles. The first-order chi connectivity index (χ1) is 8.10. The van der Waals surface area contributed by atoms with Crippen LogP contribution in [0.5, 0.6) is 0 Å². The van der Waals surface area contributed by atoms with Gasteiger partial charge < -0.3 is 11.1 Å². The zero-order chi connectivity index (χ0) is 12.8. The number of hydrogen-bond acceptors (Lipinski definition) is 2. The summed E-state index contributed by atoms with van der Waals surface area (Å²) < 4.78 is 0. The molecule has 0 aliphatic rings. The fraction of sp³-hybridized carbons (Fsp3) is 0.385. The Morgan fingerprint density at radius 2 is 2.06 bits per heavy atom. The minimum Gasteiger partial charge on any atom is -0.393 e. The van der Waals surface area contributed by atoms with Crippen LogP contribution in [-0.4, -0.2) is 10.9 Å². The maximum absolute atomic E-state index is 12.0. The van der Waals surface area contributed by atoms with E-state index < -0.39 is 5.92 Å². The van der Waals surface area contributed by atoms with Gasteiger partial charge in [-0.15, -0.1) is 0 Å². The highest BCUT2D eigenvalue weighted by molar-refractivity contribution is 7.80. The number of rotatable bonds is 5. The number of benzene rings is 1. The molecular formula is C13H18N2OS. The lowest BCUT2D eigenvalue weighted by atomic mass is 10.0. The van der Waals surface area contributed by atoms with E-state index in [2.05, 4.69) is 12.2 Å². The summed E-state index contributed by atoms with van der Waals surface area (Å²) in [5.74, 6) is -0.518. The average molecular weight is 250 g/mol. The Balaban J connectivity index is 2.83. The van der Waals surface area contributed by atoms with Gasteiger partial charge in [-0.2, -0.15) is 0 Å². The van der Waals surface area contributed by atoms with Gasteiger partial charge in [0.25, 0.3) is 0 Å². The Labute approximate surface area is 107 Å². The predicted octanol–water partition coefficient (Wildman–Crippen LogP) is 2.50. The normalized spacial score (nSPS) is 11.9. The van der Waals surface area contributed by atoms with Gasteiger partial charge in [0, 0.05) is 5.69 Å². The van der Waals surface area contributed by atoms with Crippen LogP contribution >= 0.6 is 12.2 Å². The van der Waals surface area contributed by atoms with E-state index in [-0.39, 0.29) is 10.9 Å². The fourth-order valence-electron chi connectivity index (χ4n) is 1.69. The number of anilines is 1. The monoisotopic (exact) mass is 250 g/mol. The molecule has 0 heterocycles. The van der Waals surface area contributed by atoms with Crippen molar-refractivity contribution in [2.75, 3.05) is 5.32 Å². The van der Waals surface area contributed by atoms with Crippen LogP contribution in [-0.2, 0) is 11.2 Å². The van der Waals surface area contributed by atoms with Crippen molar-refractivity contribution in [3.8, 4) is 0 Å². The van der Waals surface area contributed by atoms with E-state index in [4.69, 9.17) is 18.0 Å². The average Bonchev–Trinajstić information content (AvgIpc) is 2.30. The molecule has 1 aromatic rings. The van der Waals surface area contributed by atoms with Gasteiger partial charge in [0.1, 0.15) is 0 Å². The van der Waals surface area contributed by atoms with Gasteiger partial charge in [0.15, 0.2) is 0 Å². The van der Waals surface area contributed by atoms with Crippen LogP contribution in [0.1, 0.15) is 25.8 Å². The minimum absolute atomic E-state index is 0.124. The number of amides is 1. The third kappa shape index (κ3) is 3.53. The van der Waals surface area contributed by atoms with E-state index in [1.54, 1.807) is 0 Å². The molecule has 1 amide bonds. The lowest BCUT2D eigenvalue weighted by Gasteiger charge is -2.15. The molecular weight excluding hydrogens is 232 g/mol. The van der Waals surface area contributed by atoms with Crippen molar-refractivity contribution in [2.45, 2.75) is 26.7 Å². The van der Waals surface area contributed by atoms with E-state index in [1.165, 1.54) is 0 Å². The van der Waals surface area contributed by atoms with Gasteiger partial charge in [-0.3, -0.25) is 4.79 Å². The summed E-state index contributed by atoms with van der Waals surface area (Å²) in [6.07, 6.45) is 1.50. The molecule has 1 rings (SSSR count). The zero-order valence-electron chi connectivity index (χ0n) is 10.2. The second-order valence-electron chi connectivity index (χ2n) is 3.86. The molecule has 4 heteroatoms. The summed E-state index contributed by atoms with van der Waals surface area (Å²) >= 11 is 4.89. The number of para-hydroxylation sites is 1. The second-order valence-corrected chi connectivity index (χ2v) is 4.33. The molecule has 3 nitrogen and oxygen atoms in total. The van der Waals surface area contributed by atoms with Crippen molar-refractivity contribution >= 4 is 28.8 Å². The molecule has 1 unspecified atom stereocenters. The molecule has 0 saturated carbocycles. The number of hydrogen-bond donors (Lipinski definition) is 2. The lowest BCUT2D eigenvalue weighted by Crippen LogP contribution is -2.32. The maximum Gasteiger partial charge on any atom is 0.234 e. The molecule has 3 N–H and O–H groups in total. The Morgan fingerprint density at radius 1 is 1.41 bits per heavy atom. The topological polar surface area (TPSA) is 55.1 Å². The molecule has 92 valence electrons. The Morgan fingerprint density at radius 3 is 2.59 bits per heavy atom. The van der Waals surface area contributed by atoms with Gasteiger partial charge in [-0.1, -0.05) is 44.3 Å². The third-order valence-electron chi connectivity index (χ3n) is 2.72. The van der Waals surface area contributed by atoms with Crippen LogP contribution in [0.2, 0.25) is 0 Å². The molecule has 17 heavy (non-hydrogen) atoms. The lowest BCUT2D eigenvalue weighted by molar-refractivity contribution is -0.118. The van der Waals surface area contributed by atoms with Gasteiger partial charge in [0.05, 0.1) is 10.9 Å². The first-order valence-electron chi connectivity index (χ1n) is 5.78. The van der Waals surface area contributed by atoms with Gasteiger partial charge in [-0.25, -0.2) is 0 Å². The quantitative estimate of drug-likeness (QED) is 0.789. The highest BCUT2D eigenvalue weighted by Gasteiger charge is 2.19. The first-order valence-corrected chi connectivity index (χ1v) is 6.19. The van der Waals surface area contributed by atoms with Crippen molar-refractivity contribution in [2.24, 2.45) is 11.7 Å². The van der Waals surface area contributed by atoms with E-state index in [0.717, 1.165) is 17.7 Å². The minimum atomic E-state index is -0.394. The summed E-state index contributed by atoms with van der Waals surface area (Å²) in [5, 5.41) is 2.89. The molecule has 1 atom stereocenters. The Hall–Kier alpha value is -1.42. The third-order valence-corrected chi connectivity index (χ3v) is 3.01. The molecule has 0 aliphatic carbocycles. The highest BCUT2D eigenvalue weighted by atomic mass is 32.1. The van der Waals surface area contributed by atoms with E-state index in [1.807, 2.05) is 31.2 Å². The van der Waals surface area contributed by atoms with E-state index in [0.29, 0.717) is 6.42 Å². The highest BCUT2D eigenvalue weighted by Crippen LogP contribution is 2.17. The number of nitrogens with one attached hydrogen (secondary N) is 1. The summed E-state index contributed by atoms with van der Waals surface area (Å²) in [6.45, 7) is 3.95. The van der Waals surface area contributed by atoms with Crippen molar-refractivity contribution in [1.29, 1.82) is 0 Å². The van der Waals surface area contributed by atoms with Crippen molar-refractivity contribution in [3.63, 3.8) is 0 Å². The number of aryl methyl sites for hydroxylation is 1. The maximum atomic E-state index is 12.0. The van der Waals surface area contributed by atoms with Crippen LogP contribution in [0.4, 0.5) is 5.69 Å². The summed E-state index contributed by atoms with van der Waals surface area (Å²) in [6, 6.07) is 7.75. The Kier molecular flexibility index (Phi) is 5.10. The van der Waals surface area contributed by atoms with Gasteiger partial charge in [-0.05, 0) is 24.5 Å². The molecule has 0 saturated heterocycles. The van der Waals surface area contributed by atoms with Crippen LogP contribution in [0.3, 0.4) is 0 Å². The van der Waals surface area contributed by atoms with Crippen molar-refractivity contribution < 1.29 is 4.79 Å². The predicted molar refractivity (Wildman–Crippen MR) is 75.0 cm³/mol. The van der Waals surface area contributed by atoms with Crippen LogP contribution in [0, 0.1) is 5.92 Å². The van der Waals surface area contributed by atoms with E-state index in [9.17, 15) is 4.79 Å². The van der Waals surface area contributed by atoms with Crippen molar-refractivity contribution in [3.05, 3.63) is 29.8 Å². The standard InChI is InChI=1S/C13H18N2OS/c1-3-9-7-5-6-8-11(9)15-13(16)10(4-2)12(14)17/h5-8,10H,3-4H2,1-2H3,(H2,14,17)(H,15,16). The Bertz CT molecular complexity index is 418. The van der Waals surface area contributed by atoms with Gasteiger partial charge >= 0.3 is 0 Å². The van der Waals surface area contributed by atoms with Gasteiger partial charge in [0.2, 0.25) is 5.91 Å². The molecule has 0 spiro atoms. The number of carbonyl (C=O) groups is 1. The molecule has 0 radical (unpaired) electrons. The van der Waals surface area contributed by atoms with Crippen LogP contribution < -0.4 is 11.1 Å². The van der Waals surface area contributed by atoms with Crippen LogP contribution in [0.15, 0.2) is 24.3 Å². The van der Waals surface area contributed by atoms with E-state index >= 15 is 0 Å². The zero-order valence-corrected chi connectivity index (χ0v) is 11.0. The molecule has 0 fully saturated rings. The number of nitrogens with two attached hydrogens (primary N) is 1. The smallest absolute Gasteiger partial charge is 0.234 e. The summed E-state index contributed by atoms with van der Waals surface area (Å²) in [4.78, 5) is 12.2. The molecule has 0 aliphatic heterocycles. The first kappa shape index (κ1) is 13.6. The van der Waals surface area contributed by atoms with Crippen LogP contribution in [0.25, 0.3) is 0 Å². The SMILES string of the molecule is CCc1ccccc1NC(=O)C(CC)C(N)=S. The number of carbonyl (C=O) groups excluding carboxylic acids is 1. The molecule has 1 aromatic carbocycles.